The Balaban J connectivity index is 1.22. The number of hydrogen-bond acceptors (Lipinski definition) is 10. The maximum Gasteiger partial charge on any atom is 0.447 e. The molecule has 5 rings (SSSR count). The first-order valence-corrected chi connectivity index (χ1v) is 25.2. The molecule has 1 saturated heterocycles. The highest BCUT2D eigenvalue weighted by Crippen LogP contribution is 2.41. The molecule has 1 aliphatic heterocycles. The van der Waals surface area contributed by atoms with Gasteiger partial charge in [0.2, 0.25) is 0 Å². The van der Waals surface area contributed by atoms with Crippen LogP contribution in [0.5, 0.6) is 0 Å². The van der Waals surface area contributed by atoms with Crippen molar-refractivity contribution >= 4 is 53.8 Å². The predicted molar refractivity (Wildman–Crippen MR) is 258 cm³/mol. The fourth-order valence-corrected chi connectivity index (χ4v) is 13.4. The Labute approximate surface area is 394 Å². The van der Waals surface area contributed by atoms with Gasteiger partial charge in [0, 0.05) is 37.2 Å². The van der Waals surface area contributed by atoms with Crippen LogP contribution in [0.25, 0.3) is 5.52 Å². The molecule has 0 aliphatic carbocycles. The zero-order chi connectivity index (χ0) is 48.3. The molecule has 1 aliphatic rings. The van der Waals surface area contributed by atoms with E-state index in [-0.39, 0.29) is 39.3 Å². The Bertz CT molecular complexity index is 2200. The predicted octanol–water partition coefficient (Wildman–Crippen LogP) is 9.81. The molecule has 1 N–H and O–H groups in total. The SMILES string of the molecule is CN1CC[C@H](Nc2cccn3c(SC(F)(F)F)c(C#CCN(C(=O)OC(C)(C)C)C(=O)OC(C)(C)C)cc23)[C@@H](CCOCCOCCO[Si](c2ccccc2)(c2ccccc2)C(C)(C)C)C1. The molecule has 1 fully saturated rings. The first-order chi connectivity index (χ1) is 31.0. The van der Waals surface area contributed by atoms with Gasteiger partial charge in [0.05, 0.1) is 49.7 Å². The molecule has 0 saturated carbocycles. The number of alkyl halides is 3. The summed E-state index contributed by atoms with van der Waals surface area (Å²) < 4.78 is 73.5. The minimum Gasteiger partial charge on any atom is -0.443 e. The highest BCUT2D eigenvalue weighted by molar-refractivity contribution is 8.00. The van der Waals surface area contributed by atoms with Gasteiger partial charge in [0.15, 0.2) is 0 Å². The number of nitrogens with one attached hydrogen (secondary N) is 1. The van der Waals surface area contributed by atoms with Gasteiger partial charge in [-0.3, -0.25) is 0 Å². The fraction of sp³-hybridized carbons (Fsp3) is 0.520. The maximum atomic E-state index is 14.0. The molecule has 2 atom stereocenters. The summed E-state index contributed by atoms with van der Waals surface area (Å²) >= 11 is -0.275. The fourth-order valence-electron chi connectivity index (χ4n) is 8.12. The molecule has 2 amide bonds. The number of fused-ring (bicyclic) bond motifs is 1. The molecule has 66 heavy (non-hydrogen) atoms. The number of hydrogen-bond donors (Lipinski definition) is 1. The second kappa shape index (κ2) is 22.5. The number of piperidine rings is 1. The molecule has 16 heteroatoms. The van der Waals surface area contributed by atoms with E-state index in [9.17, 15) is 22.8 Å². The summed E-state index contributed by atoms with van der Waals surface area (Å²) in [7, 11) is -0.568. The van der Waals surface area contributed by atoms with Gasteiger partial charge >= 0.3 is 17.7 Å². The molecular formula is C50H67F3N4O7SSi. The smallest absolute Gasteiger partial charge is 0.443 e. The van der Waals surface area contributed by atoms with Crippen LogP contribution < -0.4 is 15.7 Å². The lowest BCUT2D eigenvalue weighted by Gasteiger charge is -2.43. The van der Waals surface area contributed by atoms with Crippen molar-refractivity contribution in [2.75, 3.05) is 65.0 Å². The maximum absolute atomic E-state index is 14.0. The highest BCUT2D eigenvalue weighted by atomic mass is 32.2. The second-order valence-corrected chi connectivity index (χ2v) is 24.9. The van der Waals surface area contributed by atoms with E-state index in [1.165, 1.54) is 14.8 Å². The number of benzene rings is 2. The molecular weight excluding hydrogens is 886 g/mol. The van der Waals surface area contributed by atoms with Crippen molar-refractivity contribution in [1.82, 2.24) is 14.2 Å². The van der Waals surface area contributed by atoms with Crippen molar-refractivity contribution in [2.45, 2.75) is 108 Å². The number of pyridine rings is 1. The van der Waals surface area contributed by atoms with E-state index >= 15 is 0 Å². The highest BCUT2D eigenvalue weighted by Gasteiger charge is 2.50. The summed E-state index contributed by atoms with van der Waals surface area (Å²) in [4.78, 5) is 29.0. The Morgan fingerprint density at radius 3 is 1.91 bits per heavy atom. The monoisotopic (exact) mass is 952 g/mol. The van der Waals surface area contributed by atoms with Gasteiger partial charge < -0.3 is 38.0 Å². The lowest BCUT2D eigenvalue weighted by Crippen LogP contribution is -2.66. The lowest BCUT2D eigenvalue weighted by molar-refractivity contribution is -0.0330. The quantitative estimate of drug-likeness (QED) is 0.0506. The number of carbonyl (C=O) groups is 2. The van der Waals surface area contributed by atoms with E-state index in [0.717, 1.165) is 25.9 Å². The van der Waals surface area contributed by atoms with Crippen molar-refractivity contribution < 1.29 is 46.1 Å². The van der Waals surface area contributed by atoms with E-state index in [0.29, 0.717) is 49.1 Å². The number of nitrogens with zero attached hydrogens (tertiary/aromatic N) is 3. The molecule has 0 unspecified atom stereocenters. The molecule has 4 aromatic rings. The van der Waals surface area contributed by atoms with Crippen molar-refractivity contribution in [1.29, 1.82) is 0 Å². The number of anilines is 1. The molecule has 0 bridgehead atoms. The zero-order valence-electron chi connectivity index (χ0n) is 40.1. The van der Waals surface area contributed by atoms with Crippen molar-refractivity contribution in [3.8, 4) is 11.8 Å². The number of likely N-dealkylation sites (tertiary alicyclic amines) is 1. The number of ether oxygens (including phenoxy) is 4. The van der Waals surface area contributed by atoms with Crippen molar-refractivity contribution in [2.24, 2.45) is 5.92 Å². The van der Waals surface area contributed by atoms with Crippen LogP contribution in [0.15, 0.2) is 90.1 Å². The summed E-state index contributed by atoms with van der Waals surface area (Å²) in [6.45, 7) is 20.1. The average Bonchev–Trinajstić information content (AvgIpc) is 3.56. The summed E-state index contributed by atoms with van der Waals surface area (Å²) in [5, 5.41) is 5.84. The minimum atomic E-state index is -4.62. The molecule has 2 aromatic heterocycles. The van der Waals surface area contributed by atoms with Crippen LogP contribution in [-0.4, -0.2) is 117 Å². The topological polar surface area (TPSA) is 103 Å². The Kier molecular flexibility index (Phi) is 17.9. The number of halogens is 3. The molecule has 360 valence electrons. The van der Waals surface area contributed by atoms with Crippen LogP contribution in [0.3, 0.4) is 0 Å². The van der Waals surface area contributed by atoms with E-state index in [1.807, 2.05) is 18.2 Å². The second-order valence-electron chi connectivity index (χ2n) is 19.5. The third-order valence-corrected chi connectivity index (χ3v) is 16.8. The largest absolute Gasteiger partial charge is 0.447 e. The summed E-state index contributed by atoms with van der Waals surface area (Å²) in [5.41, 5.74) is -5.21. The zero-order valence-corrected chi connectivity index (χ0v) is 41.9. The summed E-state index contributed by atoms with van der Waals surface area (Å²) in [6, 6.07) is 26.2. The number of imide groups is 1. The number of carbonyl (C=O) groups excluding carboxylic acids is 2. The van der Waals surface area contributed by atoms with E-state index in [2.05, 4.69) is 98.4 Å². The number of rotatable bonds is 16. The van der Waals surface area contributed by atoms with Gasteiger partial charge in [-0.25, -0.2) is 14.5 Å². The Morgan fingerprint density at radius 2 is 1.36 bits per heavy atom. The molecule has 0 spiro atoms. The van der Waals surface area contributed by atoms with Crippen molar-refractivity contribution in [3.63, 3.8) is 0 Å². The van der Waals surface area contributed by atoms with Crippen molar-refractivity contribution in [3.05, 3.63) is 90.6 Å². The van der Waals surface area contributed by atoms with E-state index < -0.39 is 43.8 Å². The molecule has 11 nitrogen and oxygen atoms in total. The van der Waals surface area contributed by atoms with Crippen LogP contribution in [0.4, 0.5) is 28.4 Å². The van der Waals surface area contributed by atoms with Crippen LogP contribution >= 0.6 is 11.8 Å². The normalized spacial score (nSPS) is 16.4. The van der Waals surface area contributed by atoms with Gasteiger partial charge in [0.25, 0.3) is 8.32 Å². The first-order valence-electron chi connectivity index (χ1n) is 22.5. The van der Waals surface area contributed by atoms with Gasteiger partial charge in [-0.1, -0.05) is 93.3 Å². The third-order valence-electron chi connectivity index (χ3n) is 10.9. The Morgan fingerprint density at radius 1 is 0.803 bits per heavy atom. The first kappa shape index (κ1) is 52.5. The van der Waals surface area contributed by atoms with E-state index in [1.54, 1.807) is 59.9 Å². The van der Waals surface area contributed by atoms with Crippen LogP contribution in [0, 0.1) is 17.8 Å². The van der Waals surface area contributed by atoms with Gasteiger partial charge in [0.1, 0.15) is 16.2 Å². The average molecular weight is 953 g/mol. The number of thioether (sulfide) groups is 1. The van der Waals surface area contributed by atoms with E-state index in [4.69, 9.17) is 23.4 Å². The van der Waals surface area contributed by atoms with Gasteiger partial charge in [-0.2, -0.15) is 13.2 Å². The van der Waals surface area contributed by atoms with Gasteiger partial charge in [-0.15, -0.1) is 0 Å². The molecule has 2 aromatic carbocycles. The van der Waals surface area contributed by atoms with Crippen LogP contribution in [0.2, 0.25) is 5.04 Å². The number of aromatic nitrogens is 1. The lowest BCUT2D eigenvalue weighted by atomic mass is 9.89. The molecule has 3 heterocycles. The van der Waals surface area contributed by atoms with Gasteiger partial charge in [-0.05, 0) is 108 Å². The minimum absolute atomic E-state index is 0.0187. The molecule has 0 radical (unpaired) electrons. The Hall–Kier alpha value is -4.50. The summed E-state index contributed by atoms with van der Waals surface area (Å²) in [5.74, 6) is 5.73. The standard InChI is InChI=1S/C50H67F3N4O7SSi/c1-47(2,3)63-45(58)57(46(59)64-48(4,5)6)28-17-19-37-35-43-42(24-18-27-56(43)44(37)65-50(51,52)53)54-41-25-29-55(10)36-38(41)26-30-60-31-32-61-33-34-62-66(49(7,8)9,39-20-13-11-14-21-39)40-22-15-12-16-23-40/h11-16,18,20-24,27,35,38,41,54H,25-26,28-34,36H2,1-10H3/t38-,41-/m0/s1. The van der Waals surface area contributed by atoms with Crippen LogP contribution in [-0.2, 0) is 23.4 Å². The third kappa shape index (κ3) is 14.7. The van der Waals surface area contributed by atoms with Crippen LogP contribution in [0.1, 0.15) is 80.7 Å². The number of amides is 2. The summed E-state index contributed by atoms with van der Waals surface area (Å²) in [6.07, 6.45) is 1.19.